The maximum atomic E-state index is 13.4. The summed E-state index contributed by atoms with van der Waals surface area (Å²) in [6, 6.07) is 9.96. The van der Waals surface area contributed by atoms with Crippen LogP contribution in [0.25, 0.3) is 6.08 Å². The summed E-state index contributed by atoms with van der Waals surface area (Å²) in [6.45, 7) is 8.13. The average molecular weight is 521 g/mol. The van der Waals surface area contributed by atoms with E-state index in [1.165, 1.54) is 23.9 Å². The highest BCUT2D eigenvalue weighted by Crippen LogP contribution is 2.39. The summed E-state index contributed by atoms with van der Waals surface area (Å²) >= 11 is 4.94. The van der Waals surface area contributed by atoms with Gasteiger partial charge in [-0.1, -0.05) is 28.1 Å². The van der Waals surface area contributed by atoms with Crippen molar-refractivity contribution in [2.75, 3.05) is 7.11 Å². The minimum atomic E-state index is -0.309. The fraction of sp³-hybridized carbons (Fsp3) is 0.333. The standard InChI is InChI=1S/C24H26BrFN2O3S/c1-14(2)27-24-28(15(3)4)23(29)22(32-24)11-17-10-20(30-5)21(12-19(17)25)31-13-16-7-6-8-18(26)9-16/h6-12,14-15H,13H2,1-5H3/b22-11+,27-24?. The number of rotatable bonds is 7. The van der Waals surface area contributed by atoms with Crippen molar-refractivity contribution in [1.29, 1.82) is 0 Å². The van der Waals surface area contributed by atoms with Crippen molar-refractivity contribution in [3.63, 3.8) is 0 Å². The van der Waals surface area contributed by atoms with Crippen LogP contribution in [0.15, 0.2) is 50.8 Å². The van der Waals surface area contributed by atoms with Crippen molar-refractivity contribution in [3.05, 3.63) is 62.7 Å². The Balaban J connectivity index is 1.88. The Morgan fingerprint density at radius 1 is 1.19 bits per heavy atom. The van der Waals surface area contributed by atoms with Crippen molar-refractivity contribution in [1.82, 2.24) is 4.90 Å². The maximum absolute atomic E-state index is 13.4. The number of amidine groups is 1. The normalized spacial score (nSPS) is 16.7. The molecule has 1 aliphatic rings. The second-order valence-electron chi connectivity index (χ2n) is 7.83. The molecule has 1 amide bonds. The highest BCUT2D eigenvalue weighted by molar-refractivity contribution is 9.10. The number of amides is 1. The van der Waals surface area contributed by atoms with Crippen LogP contribution in [0.2, 0.25) is 0 Å². The van der Waals surface area contributed by atoms with Gasteiger partial charge in [-0.15, -0.1) is 0 Å². The zero-order chi connectivity index (χ0) is 23.4. The fourth-order valence-corrected chi connectivity index (χ4v) is 4.78. The molecular weight excluding hydrogens is 495 g/mol. The molecule has 0 aromatic heterocycles. The van der Waals surface area contributed by atoms with Crippen LogP contribution in [-0.2, 0) is 11.4 Å². The van der Waals surface area contributed by atoms with Gasteiger partial charge in [-0.3, -0.25) is 14.7 Å². The first-order valence-electron chi connectivity index (χ1n) is 10.2. The van der Waals surface area contributed by atoms with Gasteiger partial charge >= 0.3 is 0 Å². The highest BCUT2D eigenvalue weighted by atomic mass is 79.9. The van der Waals surface area contributed by atoms with Crippen molar-refractivity contribution < 1.29 is 18.7 Å². The summed E-state index contributed by atoms with van der Waals surface area (Å²) in [5, 5.41) is 0.712. The minimum absolute atomic E-state index is 0.00924. The summed E-state index contributed by atoms with van der Waals surface area (Å²) < 4.78 is 25.5. The summed E-state index contributed by atoms with van der Waals surface area (Å²) in [4.78, 5) is 19.9. The van der Waals surface area contributed by atoms with Crippen LogP contribution in [0.3, 0.4) is 0 Å². The van der Waals surface area contributed by atoms with Gasteiger partial charge in [-0.05, 0) is 80.9 Å². The lowest BCUT2D eigenvalue weighted by Gasteiger charge is -2.20. The fourth-order valence-electron chi connectivity index (χ4n) is 3.12. The van der Waals surface area contributed by atoms with Crippen LogP contribution in [0.5, 0.6) is 11.5 Å². The molecule has 1 saturated heterocycles. The van der Waals surface area contributed by atoms with E-state index in [9.17, 15) is 9.18 Å². The Kier molecular flexibility index (Phi) is 8.00. The van der Waals surface area contributed by atoms with Crippen LogP contribution in [0, 0.1) is 5.82 Å². The molecule has 0 aliphatic carbocycles. The molecule has 1 aliphatic heterocycles. The number of hydrogen-bond donors (Lipinski definition) is 0. The molecule has 0 spiro atoms. The first-order chi connectivity index (χ1) is 15.2. The molecule has 2 aromatic rings. The average Bonchev–Trinajstić information content (AvgIpc) is 3.02. The van der Waals surface area contributed by atoms with Gasteiger partial charge < -0.3 is 9.47 Å². The van der Waals surface area contributed by atoms with E-state index in [1.54, 1.807) is 30.2 Å². The van der Waals surface area contributed by atoms with Gasteiger partial charge in [0.05, 0.1) is 12.0 Å². The molecule has 1 fully saturated rings. The van der Waals surface area contributed by atoms with E-state index in [-0.39, 0.29) is 30.4 Å². The molecule has 1 heterocycles. The van der Waals surface area contributed by atoms with Gasteiger partial charge in [0.15, 0.2) is 16.7 Å². The van der Waals surface area contributed by atoms with E-state index < -0.39 is 0 Å². The van der Waals surface area contributed by atoms with Crippen LogP contribution in [0.1, 0.15) is 38.8 Å². The number of carbonyl (C=O) groups excluding carboxylic acids is 1. The third-order valence-electron chi connectivity index (χ3n) is 4.57. The number of carbonyl (C=O) groups is 1. The van der Waals surface area contributed by atoms with Crippen LogP contribution in [0.4, 0.5) is 4.39 Å². The molecule has 5 nitrogen and oxygen atoms in total. The number of methoxy groups -OCH3 is 1. The number of benzene rings is 2. The number of thioether (sulfide) groups is 1. The lowest BCUT2D eigenvalue weighted by Crippen LogP contribution is -2.35. The Hall–Kier alpha value is -2.32. The third kappa shape index (κ3) is 5.72. The van der Waals surface area contributed by atoms with Gasteiger partial charge in [-0.2, -0.15) is 0 Å². The quantitative estimate of drug-likeness (QED) is 0.404. The number of nitrogens with zero attached hydrogens (tertiary/aromatic N) is 2. The molecular formula is C24H26BrFN2O3S. The largest absolute Gasteiger partial charge is 0.493 e. The Morgan fingerprint density at radius 3 is 2.56 bits per heavy atom. The number of ether oxygens (including phenoxy) is 2. The molecule has 170 valence electrons. The van der Waals surface area contributed by atoms with Crippen molar-refractivity contribution >= 4 is 44.8 Å². The molecule has 3 rings (SSSR count). The topological polar surface area (TPSA) is 51.1 Å². The smallest absolute Gasteiger partial charge is 0.266 e. The Bertz CT molecular complexity index is 1070. The first kappa shape index (κ1) is 24.3. The highest BCUT2D eigenvalue weighted by Gasteiger charge is 2.35. The summed E-state index contributed by atoms with van der Waals surface area (Å²) in [7, 11) is 1.55. The van der Waals surface area contributed by atoms with Gasteiger partial charge in [0, 0.05) is 16.6 Å². The van der Waals surface area contributed by atoms with Crippen molar-refractivity contribution in [3.8, 4) is 11.5 Å². The van der Waals surface area contributed by atoms with Crippen LogP contribution >= 0.6 is 27.7 Å². The van der Waals surface area contributed by atoms with E-state index in [4.69, 9.17) is 9.47 Å². The predicted molar refractivity (Wildman–Crippen MR) is 132 cm³/mol. The summed E-state index contributed by atoms with van der Waals surface area (Å²) in [6.07, 6.45) is 1.83. The van der Waals surface area contributed by atoms with Gasteiger partial charge in [0.1, 0.15) is 12.4 Å². The molecule has 2 aromatic carbocycles. The molecule has 0 radical (unpaired) electrons. The van der Waals surface area contributed by atoms with Crippen molar-refractivity contribution in [2.24, 2.45) is 4.99 Å². The Labute approximate surface area is 200 Å². The second-order valence-corrected chi connectivity index (χ2v) is 9.69. The summed E-state index contributed by atoms with van der Waals surface area (Å²) in [5.41, 5.74) is 1.50. The molecule has 0 bridgehead atoms. The lowest BCUT2D eigenvalue weighted by atomic mass is 10.1. The van der Waals surface area contributed by atoms with Crippen LogP contribution in [-0.4, -0.2) is 35.2 Å². The van der Waals surface area contributed by atoms with E-state index >= 15 is 0 Å². The first-order valence-corrected chi connectivity index (χ1v) is 11.9. The van der Waals surface area contributed by atoms with E-state index in [1.807, 2.05) is 39.8 Å². The Morgan fingerprint density at radius 2 is 1.94 bits per heavy atom. The van der Waals surface area contributed by atoms with Crippen molar-refractivity contribution in [2.45, 2.75) is 46.4 Å². The molecule has 8 heteroatoms. The molecule has 0 atom stereocenters. The third-order valence-corrected chi connectivity index (χ3v) is 6.26. The van der Waals surface area contributed by atoms with Gasteiger partial charge in [0.2, 0.25) is 0 Å². The zero-order valence-corrected chi connectivity index (χ0v) is 21.1. The van der Waals surface area contributed by atoms with Gasteiger partial charge in [-0.25, -0.2) is 4.39 Å². The minimum Gasteiger partial charge on any atom is -0.493 e. The lowest BCUT2D eigenvalue weighted by molar-refractivity contribution is -0.123. The van der Waals surface area contributed by atoms with Crippen LogP contribution < -0.4 is 9.47 Å². The van der Waals surface area contributed by atoms with Gasteiger partial charge in [0.25, 0.3) is 5.91 Å². The molecule has 0 N–H and O–H groups in total. The monoisotopic (exact) mass is 520 g/mol. The number of aliphatic imine (C=N–C) groups is 1. The SMILES string of the molecule is COc1cc(/C=C2/SC(=NC(C)C)N(C(C)C)C2=O)c(Br)cc1OCc1cccc(F)c1. The number of halogens is 2. The van der Waals surface area contributed by atoms with E-state index in [0.717, 1.165) is 10.0 Å². The molecule has 32 heavy (non-hydrogen) atoms. The van der Waals surface area contributed by atoms with E-state index in [2.05, 4.69) is 20.9 Å². The molecule has 0 unspecified atom stereocenters. The van der Waals surface area contributed by atoms with E-state index in [0.29, 0.717) is 27.1 Å². The second kappa shape index (κ2) is 10.5. The summed E-state index contributed by atoms with van der Waals surface area (Å²) in [5.74, 6) is 0.656. The zero-order valence-electron chi connectivity index (χ0n) is 18.7. The maximum Gasteiger partial charge on any atom is 0.266 e. The molecule has 0 saturated carbocycles. The number of hydrogen-bond acceptors (Lipinski definition) is 5. The predicted octanol–water partition coefficient (Wildman–Crippen LogP) is 6.26.